The zero-order valence-electron chi connectivity index (χ0n) is 9.93. The summed E-state index contributed by atoms with van der Waals surface area (Å²) in [5.74, 6) is -1.60. The largest absolute Gasteiger partial charge is 0.478 e. The highest BCUT2D eigenvalue weighted by Gasteiger charge is 2.16. The molecule has 1 heterocycles. The van der Waals surface area contributed by atoms with E-state index in [-0.39, 0.29) is 22.0 Å². The maximum Gasteiger partial charge on any atom is 0.337 e. The van der Waals surface area contributed by atoms with Crippen LogP contribution in [0.25, 0.3) is 0 Å². The summed E-state index contributed by atoms with van der Waals surface area (Å²) in [6.07, 6.45) is 1.40. The van der Waals surface area contributed by atoms with Crippen LogP contribution in [0.15, 0.2) is 41.0 Å². The number of rotatable bonds is 3. The molecule has 0 atom stereocenters. The van der Waals surface area contributed by atoms with Crippen LogP contribution < -0.4 is 5.32 Å². The summed E-state index contributed by atoms with van der Waals surface area (Å²) in [7, 11) is 0. The van der Waals surface area contributed by atoms with Crippen molar-refractivity contribution in [1.29, 1.82) is 0 Å². The van der Waals surface area contributed by atoms with Crippen LogP contribution in [0, 0.1) is 0 Å². The molecular weight excluding hydrogens is 348 g/mol. The maximum atomic E-state index is 12.1. The third-order valence-electron chi connectivity index (χ3n) is 2.47. The third kappa shape index (κ3) is 3.15. The van der Waals surface area contributed by atoms with Crippen LogP contribution in [0.3, 0.4) is 0 Å². The van der Waals surface area contributed by atoms with Crippen LogP contribution in [0.2, 0.25) is 5.15 Å². The van der Waals surface area contributed by atoms with Crippen LogP contribution in [0.1, 0.15) is 20.7 Å². The molecule has 2 aromatic rings. The van der Waals surface area contributed by atoms with Crippen molar-refractivity contribution in [2.75, 3.05) is 5.32 Å². The Labute approximate surface area is 127 Å². The highest BCUT2D eigenvalue weighted by Crippen LogP contribution is 2.27. The van der Waals surface area contributed by atoms with Crippen molar-refractivity contribution in [3.8, 4) is 0 Å². The minimum atomic E-state index is -1.13. The fraction of sp³-hybridized carbons (Fsp3) is 0. The lowest BCUT2D eigenvalue weighted by atomic mass is 10.1. The van der Waals surface area contributed by atoms with Gasteiger partial charge in [-0.3, -0.25) is 4.79 Å². The maximum absolute atomic E-state index is 12.1. The average Bonchev–Trinajstić information content (AvgIpc) is 2.40. The number of aromatic carboxylic acids is 1. The smallest absolute Gasteiger partial charge is 0.337 e. The van der Waals surface area contributed by atoms with Gasteiger partial charge in [-0.05, 0) is 40.2 Å². The third-order valence-corrected chi connectivity index (χ3v) is 3.34. The van der Waals surface area contributed by atoms with E-state index in [1.807, 2.05) is 0 Å². The fourth-order valence-corrected chi connectivity index (χ4v) is 2.20. The lowest BCUT2D eigenvalue weighted by molar-refractivity contribution is 0.0698. The van der Waals surface area contributed by atoms with Gasteiger partial charge in [0.25, 0.3) is 5.91 Å². The predicted molar refractivity (Wildman–Crippen MR) is 78.3 cm³/mol. The molecule has 0 aliphatic carbocycles. The normalized spacial score (nSPS) is 10.1. The molecule has 1 amide bonds. The van der Waals surface area contributed by atoms with Crippen molar-refractivity contribution in [3.05, 3.63) is 57.3 Å². The number of benzene rings is 1. The summed E-state index contributed by atoms with van der Waals surface area (Å²) in [4.78, 5) is 27.0. The van der Waals surface area contributed by atoms with E-state index in [1.54, 1.807) is 12.1 Å². The van der Waals surface area contributed by atoms with Gasteiger partial charge in [0, 0.05) is 16.2 Å². The van der Waals surface area contributed by atoms with E-state index >= 15 is 0 Å². The standard InChI is InChI=1S/C13H8BrClN2O3/c14-9-3-1-2-8(13(19)20)11(9)17-12(18)7-4-5-16-10(15)6-7/h1-6H,(H,17,18)(H,19,20). The Morgan fingerprint density at radius 1 is 1.30 bits per heavy atom. The van der Waals surface area contributed by atoms with Crippen LogP contribution in [0.5, 0.6) is 0 Å². The Bertz CT molecular complexity index is 691. The van der Waals surface area contributed by atoms with Crippen molar-refractivity contribution in [3.63, 3.8) is 0 Å². The van der Waals surface area contributed by atoms with Gasteiger partial charge in [-0.15, -0.1) is 0 Å². The first-order chi connectivity index (χ1) is 9.49. The molecular formula is C13H8BrClN2O3. The Morgan fingerprint density at radius 3 is 2.70 bits per heavy atom. The first kappa shape index (κ1) is 14.5. The van der Waals surface area contributed by atoms with E-state index in [0.29, 0.717) is 4.47 Å². The molecule has 5 nitrogen and oxygen atoms in total. The molecule has 1 aromatic heterocycles. The summed E-state index contributed by atoms with van der Waals surface area (Å²) < 4.78 is 0.478. The fourth-order valence-electron chi connectivity index (χ4n) is 1.56. The van der Waals surface area contributed by atoms with E-state index in [1.165, 1.54) is 24.4 Å². The molecule has 0 bridgehead atoms. The number of anilines is 1. The molecule has 0 unspecified atom stereocenters. The lowest BCUT2D eigenvalue weighted by Gasteiger charge is -2.10. The lowest BCUT2D eigenvalue weighted by Crippen LogP contribution is -2.15. The molecule has 20 heavy (non-hydrogen) atoms. The van der Waals surface area contributed by atoms with Crippen LogP contribution in [-0.4, -0.2) is 22.0 Å². The number of amides is 1. The van der Waals surface area contributed by atoms with Gasteiger partial charge >= 0.3 is 5.97 Å². The summed E-state index contributed by atoms with van der Waals surface area (Å²) in [6.45, 7) is 0. The van der Waals surface area contributed by atoms with Gasteiger partial charge in [-0.1, -0.05) is 17.7 Å². The Morgan fingerprint density at radius 2 is 2.05 bits per heavy atom. The van der Waals surface area contributed by atoms with Crippen molar-refractivity contribution in [2.24, 2.45) is 0 Å². The van der Waals surface area contributed by atoms with Crippen molar-refractivity contribution >= 4 is 45.1 Å². The topological polar surface area (TPSA) is 79.3 Å². The number of para-hydroxylation sites is 1. The highest BCUT2D eigenvalue weighted by atomic mass is 79.9. The number of carbonyl (C=O) groups excluding carboxylic acids is 1. The number of hydrogen-bond donors (Lipinski definition) is 2. The summed E-state index contributed by atoms with van der Waals surface area (Å²) in [5, 5.41) is 11.8. The molecule has 1 aromatic carbocycles. The van der Waals surface area contributed by atoms with Crippen molar-refractivity contribution in [2.45, 2.75) is 0 Å². The molecule has 102 valence electrons. The molecule has 2 N–H and O–H groups in total. The second-order valence-corrected chi connectivity index (χ2v) is 5.03. The SMILES string of the molecule is O=C(Nc1c(Br)cccc1C(=O)O)c1ccnc(Cl)c1. The zero-order chi connectivity index (χ0) is 14.7. The van der Waals surface area contributed by atoms with E-state index in [4.69, 9.17) is 16.7 Å². The zero-order valence-corrected chi connectivity index (χ0v) is 12.3. The monoisotopic (exact) mass is 354 g/mol. The molecule has 0 aliphatic heterocycles. The van der Waals surface area contributed by atoms with Crippen molar-refractivity contribution in [1.82, 2.24) is 4.98 Å². The van der Waals surface area contributed by atoms with Gasteiger partial charge in [0.2, 0.25) is 0 Å². The minimum absolute atomic E-state index is 0.00659. The molecule has 0 radical (unpaired) electrons. The van der Waals surface area contributed by atoms with Crippen LogP contribution in [0.4, 0.5) is 5.69 Å². The molecule has 0 saturated carbocycles. The van der Waals surface area contributed by atoms with Crippen LogP contribution >= 0.6 is 27.5 Å². The second kappa shape index (κ2) is 6.02. The molecule has 2 rings (SSSR count). The molecule has 7 heteroatoms. The quantitative estimate of drug-likeness (QED) is 0.827. The number of hydrogen-bond acceptors (Lipinski definition) is 3. The Balaban J connectivity index is 2.35. The summed E-state index contributed by atoms with van der Waals surface area (Å²) in [6, 6.07) is 7.50. The van der Waals surface area contributed by atoms with Gasteiger partial charge in [-0.2, -0.15) is 0 Å². The molecule has 0 fully saturated rings. The highest BCUT2D eigenvalue weighted by molar-refractivity contribution is 9.10. The molecule has 0 saturated heterocycles. The van der Waals surface area contributed by atoms with Gasteiger partial charge < -0.3 is 10.4 Å². The Hall–Kier alpha value is -1.92. The first-order valence-electron chi connectivity index (χ1n) is 5.44. The van der Waals surface area contributed by atoms with E-state index < -0.39 is 11.9 Å². The summed E-state index contributed by atoms with van der Waals surface area (Å²) >= 11 is 8.92. The van der Waals surface area contributed by atoms with Crippen LogP contribution in [-0.2, 0) is 0 Å². The second-order valence-electron chi connectivity index (χ2n) is 3.79. The predicted octanol–water partition coefficient (Wildman–Crippen LogP) is 3.45. The van der Waals surface area contributed by atoms with E-state index in [0.717, 1.165) is 0 Å². The summed E-state index contributed by atoms with van der Waals surface area (Å²) in [5.41, 5.74) is 0.475. The number of aromatic nitrogens is 1. The van der Waals surface area contributed by atoms with E-state index in [9.17, 15) is 9.59 Å². The van der Waals surface area contributed by atoms with Crippen molar-refractivity contribution < 1.29 is 14.7 Å². The minimum Gasteiger partial charge on any atom is -0.478 e. The number of carboxylic acid groups (broad SMARTS) is 1. The Kier molecular flexibility index (Phi) is 4.36. The van der Waals surface area contributed by atoms with Gasteiger partial charge in [0.05, 0.1) is 11.3 Å². The number of nitrogens with zero attached hydrogens (tertiary/aromatic N) is 1. The van der Waals surface area contributed by atoms with Gasteiger partial charge in [0.15, 0.2) is 0 Å². The number of nitrogens with one attached hydrogen (secondary N) is 1. The van der Waals surface area contributed by atoms with E-state index in [2.05, 4.69) is 26.2 Å². The number of carboxylic acids is 1. The van der Waals surface area contributed by atoms with Gasteiger partial charge in [-0.25, -0.2) is 9.78 Å². The van der Waals surface area contributed by atoms with Gasteiger partial charge in [0.1, 0.15) is 5.15 Å². The number of halogens is 2. The molecule has 0 spiro atoms. The average molecular weight is 356 g/mol. The molecule has 0 aliphatic rings. The first-order valence-corrected chi connectivity index (χ1v) is 6.61. The number of carbonyl (C=O) groups is 2. The number of pyridine rings is 1.